The van der Waals surface area contributed by atoms with Crippen molar-refractivity contribution >= 4 is 10.1 Å². The van der Waals surface area contributed by atoms with Crippen LogP contribution < -0.4 is 0 Å². The van der Waals surface area contributed by atoms with Crippen LogP contribution >= 0.6 is 0 Å². The molecule has 0 saturated heterocycles. The maximum Gasteiger partial charge on any atom is 0.272 e. The summed E-state index contributed by atoms with van der Waals surface area (Å²) < 4.78 is 31.9. The molecular formula is C11H16O3S. The number of hydrogen-bond donors (Lipinski definition) is 1. The van der Waals surface area contributed by atoms with E-state index in [4.69, 9.17) is 0 Å². The topological polar surface area (TPSA) is 54.4 Å². The Labute approximate surface area is 90.9 Å². The molecule has 0 heterocycles. The SMILES string of the molecule is CC(C)(C)C(c1ccccc1)S(=O)(=O)O. The van der Waals surface area contributed by atoms with E-state index in [-0.39, 0.29) is 0 Å². The van der Waals surface area contributed by atoms with E-state index in [0.717, 1.165) is 0 Å². The fraction of sp³-hybridized carbons (Fsp3) is 0.455. The standard InChI is InChI=1S/C11H16O3S/c1-11(2,3)10(15(12,13)14)9-7-5-4-6-8-9/h4-8,10H,1-3H3,(H,12,13,14). The Hall–Kier alpha value is -0.870. The first-order valence-corrected chi connectivity index (χ1v) is 6.24. The summed E-state index contributed by atoms with van der Waals surface area (Å²) in [6.45, 7) is 5.37. The van der Waals surface area contributed by atoms with Crippen LogP contribution in [0.25, 0.3) is 0 Å². The van der Waals surface area contributed by atoms with Crippen molar-refractivity contribution in [2.75, 3.05) is 0 Å². The van der Waals surface area contributed by atoms with E-state index in [1.165, 1.54) is 0 Å². The number of hydrogen-bond acceptors (Lipinski definition) is 2. The molecule has 0 amide bonds. The first kappa shape index (κ1) is 12.2. The molecule has 3 nitrogen and oxygen atoms in total. The Balaban J connectivity index is 3.27. The van der Waals surface area contributed by atoms with Gasteiger partial charge in [0.15, 0.2) is 0 Å². The molecule has 1 rings (SSSR count). The van der Waals surface area contributed by atoms with Crippen molar-refractivity contribution in [1.29, 1.82) is 0 Å². The summed E-state index contributed by atoms with van der Waals surface area (Å²) >= 11 is 0. The molecule has 0 aromatic heterocycles. The largest absolute Gasteiger partial charge is 0.285 e. The van der Waals surface area contributed by atoms with Crippen molar-refractivity contribution in [3.05, 3.63) is 35.9 Å². The molecule has 0 spiro atoms. The second-order valence-electron chi connectivity index (χ2n) is 4.67. The highest BCUT2D eigenvalue weighted by Crippen LogP contribution is 2.38. The van der Waals surface area contributed by atoms with Crippen LogP contribution in [0.2, 0.25) is 0 Å². The molecule has 15 heavy (non-hydrogen) atoms. The maximum atomic E-state index is 11.3. The van der Waals surface area contributed by atoms with Gasteiger partial charge in [-0.15, -0.1) is 0 Å². The molecule has 0 radical (unpaired) electrons. The molecule has 1 unspecified atom stereocenters. The summed E-state index contributed by atoms with van der Waals surface area (Å²) in [7, 11) is -4.08. The van der Waals surface area contributed by atoms with Crippen LogP contribution in [0, 0.1) is 5.41 Å². The number of rotatable bonds is 2. The minimum Gasteiger partial charge on any atom is -0.285 e. The molecule has 0 fully saturated rings. The predicted molar refractivity (Wildman–Crippen MR) is 60.2 cm³/mol. The van der Waals surface area contributed by atoms with Gasteiger partial charge in [0.25, 0.3) is 10.1 Å². The second-order valence-corrected chi connectivity index (χ2v) is 6.17. The zero-order chi connectivity index (χ0) is 11.7. The van der Waals surface area contributed by atoms with Gasteiger partial charge < -0.3 is 0 Å². The Bertz CT molecular complexity index is 415. The van der Waals surface area contributed by atoms with Crippen LogP contribution in [-0.2, 0) is 10.1 Å². The third kappa shape index (κ3) is 3.04. The van der Waals surface area contributed by atoms with Gasteiger partial charge in [-0.05, 0) is 11.0 Å². The summed E-state index contributed by atoms with van der Waals surface area (Å²) in [6.07, 6.45) is 0. The van der Waals surface area contributed by atoms with E-state index in [1.54, 1.807) is 45.0 Å². The molecule has 4 heteroatoms. The molecule has 1 aromatic carbocycles. The Kier molecular flexibility index (Phi) is 3.21. The van der Waals surface area contributed by atoms with Gasteiger partial charge in [0.2, 0.25) is 0 Å². The highest BCUT2D eigenvalue weighted by molar-refractivity contribution is 7.86. The normalized spacial score (nSPS) is 14.9. The first-order valence-electron chi connectivity index (χ1n) is 4.74. The fourth-order valence-electron chi connectivity index (χ4n) is 1.75. The lowest BCUT2D eigenvalue weighted by Gasteiger charge is -2.28. The van der Waals surface area contributed by atoms with Crippen molar-refractivity contribution in [2.45, 2.75) is 26.0 Å². The molecular weight excluding hydrogens is 212 g/mol. The van der Waals surface area contributed by atoms with Crippen molar-refractivity contribution in [3.63, 3.8) is 0 Å². The predicted octanol–water partition coefficient (Wildman–Crippen LogP) is 2.66. The molecule has 0 aliphatic rings. The van der Waals surface area contributed by atoms with Gasteiger partial charge in [0.05, 0.1) is 0 Å². The van der Waals surface area contributed by atoms with E-state index in [0.29, 0.717) is 5.56 Å². The van der Waals surface area contributed by atoms with Crippen LogP contribution in [0.4, 0.5) is 0 Å². The molecule has 0 saturated carbocycles. The van der Waals surface area contributed by atoms with E-state index < -0.39 is 20.8 Å². The van der Waals surface area contributed by atoms with Crippen LogP contribution in [0.15, 0.2) is 30.3 Å². The van der Waals surface area contributed by atoms with E-state index in [9.17, 15) is 13.0 Å². The molecule has 0 aliphatic carbocycles. The summed E-state index contributed by atoms with van der Waals surface area (Å²) in [5.41, 5.74) is 0.0853. The van der Waals surface area contributed by atoms with Crippen LogP contribution in [0.1, 0.15) is 31.6 Å². The Morgan fingerprint density at radius 2 is 1.60 bits per heavy atom. The minimum absolute atomic E-state index is 0.533. The molecule has 1 aromatic rings. The van der Waals surface area contributed by atoms with E-state index in [2.05, 4.69) is 0 Å². The van der Waals surface area contributed by atoms with Gasteiger partial charge in [0.1, 0.15) is 5.25 Å². The highest BCUT2D eigenvalue weighted by atomic mass is 32.2. The van der Waals surface area contributed by atoms with Gasteiger partial charge in [-0.3, -0.25) is 4.55 Å². The monoisotopic (exact) mass is 228 g/mol. The Morgan fingerprint density at radius 1 is 1.13 bits per heavy atom. The van der Waals surface area contributed by atoms with E-state index in [1.807, 2.05) is 6.07 Å². The average Bonchev–Trinajstić information content (AvgIpc) is 2.00. The third-order valence-corrected chi connectivity index (χ3v) is 3.76. The van der Waals surface area contributed by atoms with Gasteiger partial charge in [-0.25, -0.2) is 0 Å². The lowest BCUT2D eigenvalue weighted by molar-refractivity contribution is 0.355. The van der Waals surface area contributed by atoms with Crippen molar-refractivity contribution < 1.29 is 13.0 Å². The van der Waals surface area contributed by atoms with Crippen LogP contribution in [0.5, 0.6) is 0 Å². The van der Waals surface area contributed by atoms with E-state index >= 15 is 0 Å². The lowest BCUT2D eigenvalue weighted by atomic mass is 9.87. The molecule has 1 N–H and O–H groups in total. The zero-order valence-corrected chi connectivity index (χ0v) is 9.95. The zero-order valence-electron chi connectivity index (χ0n) is 9.14. The molecule has 0 bridgehead atoms. The van der Waals surface area contributed by atoms with Crippen LogP contribution in [-0.4, -0.2) is 13.0 Å². The molecule has 84 valence electrons. The quantitative estimate of drug-likeness (QED) is 0.792. The van der Waals surface area contributed by atoms with Crippen molar-refractivity contribution in [2.24, 2.45) is 5.41 Å². The summed E-state index contributed by atoms with van der Waals surface area (Å²) in [5.74, 6) is 0. The summed E-state index contributed by atoms with van der Waals surface area (Å²) in [5, 5.41) is -0.883. The van der Waals surface area contributed by atoms with Gasteiger partial charge in [0, 0.05) is 0 Å². The summed E-state index contributed by atoms with van der Waals surface area (Å²) in [4.78, 5) is 0. The smallest absolute Gasteiger partial charge is 0.272 e. The first-order chi connectivity index (χ1) is 6.73. The molecule has 0 aliphatic heterocycles. The van der Waals surface area contributed by atoms with Gasteiger partial charge in [-0.2, -0.15) is 8.42 Å². The molecule has 1 atom stereocenters. The summed E-state index contributed by atoms with van der Waals surface area (Å²) in [6, 6.07) is 8.76. The number of benzene rings is 1. The average molecular weight is 228 g/mol. The van der Waals surface area contributed by atoms with Gasteiger partial charge >= 0.3 is 0 Å². The highest BCUT2D eigenvalue weighted by Gasteiger charge is 2.36. The Morgan fingerprint density at radius 3 is 1.93 bits per heavy atom. The second kappa shape index (κ2) is 3.94. The van der Waals surface area contributed by atoms with Gasteiger partial charge in [-0.1, -0.05) is 51.1 Å². The van der Waals surface area contributed by atoms with Crippen molar-refractivity contribution in [1.82, 2.24) is 0 Å². The fourth-order valence-corrected chi connectivity index (χ4v) is 3.14. The maximum absolute atomic E-state index is 11.3. The minimum atomic E-state index is -4.08. The lowest BCUT2D eigenvalue weighted by Crippen LogP contribution is -2.26. The van der Waals surface area contributed by atoms with Crippen molar-refractivity contribution in [3.8, 4) is 0 Å². The third-order valence-electron chi connectivity index (χ3n) is 2.19. The van der Waals surface area contributed by atoms with Crippen LogP contribution in [0.3, 0.4) is 0 Å².